The molecule has 0 saturated heterocycles. The van der Waals surface area contributed by atoms with Gasteiger partial charge in [-0.2, -0.15) is 0 Å². The van der Waals surface area contributed by atoms with E-state index in [1.165, 1.54) is 19.4 Å². The van der Waals surface area contributed by atoms with E-state index in [0.29, 0.717) is 27.2 Å². The van der Waals surface area contributed by atoms with Crippen LogP contribution in [0.15, 0.2) is 54.7 Å². The summed E-state index contributed by atoms with van der Waals surface area (Å²) in [4.78, 5) is 20.8. The Hall–Kier alpha value is -2.83. The second kappa shape index (κ2) is 8.03. The number of methoxy groups -OCH3 is 1. The van der Waals surface area contributed by atoms with E-state index in [4.69, 9.17) is 27.9 Å². The maximum atomic E-state index is 12.5. The molecule has 0 spiro atoms. The van der Waals surface area contributed by atoms with E-state index in [9.17, 15) is 4.79 Å². The quantitative estimate of drug-likeness (QED) is 0.656. The zero-order valence-corrected chi connectivity index (χ0v) is 15.2. The van der Waals surface area contributed by atoms with Crippen molar-refractivity contribution in [1.82, 2.24) is 9.97 Å². The number of carbonyl (C=O) groups is 1. The number of rotatable bonds is 5. The number of nitrogens with zero attached hydrogens (tertiary/aromatic N) is 2. The van der Waals surface area contributed by atoms with Crippen molar-refractivity contribution in [2.45, 2.75) is 0 Å². The van der Waals surface area contributed by atoms with Crippen molar-refractivity contribution in [2.24, 2.45) is 0 Å². The van der Waals surface area contributed by atoms with E-state index < -0.39 is 0 Å². The predicted octanol–water partition coefficient (Wildman–Crippen LogP) is 4.79. The molecule has 0 radical (unpaired) electrons. The Bertz CT molecular complexity index is 950. The van der Waals surface area contributed by atoms with Gasteiger partial charge in [-0.05, 0) is 36.4 Å². The van der Waals surface area contributed by atoms with Gasteiger partial charge >= 0.3 is 0 Å². The van der Waals surface area contributed by atoms with Crippen LogP contribution < -0.4 is 15.4 Å². The van der Waals surface area contributed by atoms with Crippen LogP contribution in [0.2, 0.25) is 10.0 Å². The summed E-state index contributed by atoms with van der Waals surface area (Å²) in [5.41, 5.74) is 1.41. The van der Waals surface area contributed by atoms with Gasteiger partial charge < -0.3 is 15.4 Å². The molecule has 0 saturated carbocycles. The fourth-order valence-electron chi connectivity index (χ4n) is 2.18. The number of ether oxygens (including phenoxy) is 1. The number of halogens is 2. The number of carbonyl (C=O) groups excluding carboxylic acids is 1. The summed E-state index contributed by atoms with van der Waals surface area (Å²) in [6.45, 7) is 0. The van der Waals surface area contributed by atoms with E-state index in [1.54, 1.807) is 36.4 Å². The van der Waals surface area contributed by atoms with Gasteiger partial charge in [-0.25, -0.2) is 9.97 Å². The number of hydrogen-bond donors (Lipinski definition) is 2. The topological polar surface area (TPSA) is 76.1 Å². The summed E-state index contributed by atoms with van der Waals surface area (Å²) in [6, 6.07) is 13.7. The molecule has 6 nitrogen and oxygen atoms in total. The fraction of sp³-hybridized carbons (Fsp3) is 0.0556. The summed E-state index contributed by atoms with van der Waals surface area (Å²) in [5, 5.41) is 6.60. The highest BCUT2D eigenvalue weighted by Crippen LogP contribution is 2.26. The van der Waals surface area contributed by atoms with Crippen LogP contribution in [0.25, 0.3) is 0 Å². The van der Waals surface area contributed by atoms with Crippen molar-refractivity contribution in [3.63, 3.8) is 0 Å². The number of hydrogen-bond acceptors (Lipinski definition) is 5. The van der Waals surface area contributed by atoms with E-state index in [1.807, 2.05) is 6.07 Å². The maximum absolute atomic E-state index is 12.5. The molecule has 132 valence electrons. The smallest absolute Gasteiger partial charge is 0.274 e. The first-order chi connectivity index (χ1) is 12.6. The average molecular weight is 389 g/mol. The van der Waals surface area contributed by atoms with E-state index in [-0.39, 0.29) is 17.5 Å². The molecular weight excluding hydrogens is 375 g/mol. The molecule has 0 atom stereocenters. The minimum absolute atomic E-state index is 0.202. The molecule has 0 bridgehead atoms. The lowest BCUT2D eigenvalue weighted by atomic mass is 10.2. The first-order valence-electron chi connectivity index (χ1n) is 7.56. The molecule has 3 rings (SSSR count). The highest BCUT2D eigenvalue weighted by atomic mass is 35.5. The first kappa shape index (κ1) is 18.0. The second-order valence-electron chi connectivity index (χ2n) is 5.17. The maximum Gasteiger partial charge on any atom is 0.274 e. The fourth-order valence-corrected chi connectivity index (χ4v) is 2.48. The molecule has 26 heavy (non-hydrogen) atoms. The highest BCUT2D eigenvalue weighted by Gasteiger charge is 2.12. The Labute approximate surface area is 160 Å². The van der Waals surface area contributed by atoms with E-state index in [0.717, 1.165) is 0 Å². The van der Waals surface area contributed by atoms with Crippen LogP contribution in [0.4, 0.5) is 17.3 Å². The standard InChI is InChI=1S/C18H14Cl2N4O2/c1-26-16-5-3-2-4-14(16)23-17(25)15-8-9-21-18(24-15)22-11-6-7-12(19)13(20)10-11/h2-10H,1H3,(H,23,25)(H,21,22,24). The van der Waals surface area contributed by atoms with Crippen molar-refractivity contribution < 1.29 is 9.53 Å². The van der Waals surface area contributed by atoms with Gasteiger partial charge in [0, 0.05) is 11.9 Å². The molecule has 1 aromatic heterocycles. The normalized spacial score (nSPS) is 10.3. The number of nitrogens with one attached hydrogen (secondary N) is 2. The number of benzene rings is 2. The molecule has 0 aliphatic carbocycles. The number of para-hydroxylation sites is 2. The second-order valence-corrected chi connectivity index (χ2v) is 5.99. The first-order valence-corrected chi connectivity index (χ1v) is 8.32. The molecule has 0 aliphatic heterocycles. The zero-order valence-electron chi connectivity index (χ0n) is 13.7. The van der Waals surface area contributed by atoms with Crippen molar-refractivity contribution in [2.75, 3.05) is 17.7 Å². The Balaban J connectivity index is 1.78. The number of aromatic nitrogens is 2. The Kier molecular flexibility index (Phi) is 5.55. The third-order valence-corrected chi connectivity index (χ3v) is 4.16. The molecule has 1 amide bonds. The monoisotopic (exact) mass is 388 g/mol. The lowest BCUT2D eigenvalue weighted by Crippen LogP contribution is -2.15. The van der Waals surface area contributed by atoms with Crippen LogP contribution in [-0.2, 0) is 0 Å². The molecular formula is C18H14Cl2N4O2. The summed E-state index contributed by atoms with van der Waals surface area (Å²) >= 11 is 11.9. The minimum atomic E-state index is -0.380. The Morgan fingerprint density at radius 3 is 2.65 bits per heavy atom. The van der Waals surface area contributed by atoms with Gasteiger partial charge in [-0.1, -0.05) is 35.3 Å². The third kappa shape index (κ3) is 4.22. The largest absolute Gasteiger partial charge is 0.495 e. The molecule has 8 heteroatoms. The van der Waals surface area contributed by atoms with Crippen LogP contribution >= 0.6 is 23.2 Å². The summed E-state index contributed by atoms with van der Waals surface area (Å²) in [7, 11) is 1.54. The van der Waals surface area contributed by atoms with Gasteiger partial charge in [-0.15, -0.1) is 0 Å². The van der Waals surface area contributed by atoms with Gasteiger partial charge in [0.15, 0.2) is 0 Å². The molecule has 0 fully saturated rings. The van der Waals surface area contributed by atoms with Crippen LogP contribution in [0.3, 0.4) is 0 Å². The summed E-state index contributed by atoms with van der Waals surface area (Å²) in [6.07, 6.45) is 1.49. The molecule has 0 unspecified atom stereocenters. The minimum Gasteiger partial charge on any atom is -0.495 e. The van der Waals surface area contributed by atoms with Gasteiger partial charge in [-0.3, -0.25) is 4.79 Å². The average Bonchev–Trinajstić information content (AvgIpc) is 2.65. The molecule has 1 heterocycles. The molecule has 2 aromatic carbocycles. The zero-order chi connectivity index (χ0) is 18.5. The van der Waals surface area contributed by atoms with Crippen molar-refractivity contribution in [3.05, 3.63) is 70.5 Å². The Morgan fingerprint density at radius 2 is 1.88 bits per heavy atom. The van der Waals surface area contributed by atoms with E-state index in [2.05, 4.69) is 20.6 Å². The van der Waals surface area contributed by atoms with Gasteiger partial charge in [0.05, 0.1) is 22.8 Å². The molecule has 2 N–H and O–H groups in total. The van der Waals surface area contributed by atoms with E-state index >= 15 is 0 Å². The van der Waals surface area contributed by atoms with Crippen molar-refractivity contribution in [3.8, 4) is 5.75 Å². The van der Waals surface area contributed by atoms with Crippen LogP contribution in [0.5, 0.6) is 5.75 Å². The van der Waals surface area contributed by atoms with Gasteiger partial charge in [0.1, 0.15) is 11.4 Å². The Morgan fingerprint density at radius 1 is 1.08 bits per heavy atom. The SMILES string of the molecule is COc1ccccc1NC(=O)c1ccnc(Nc2ccc(Cl)c(Cl)c2)n1. The van der Waals surface area contributed by atoms with Gasteiger partial charge in [0.25, 0.3) is 5.91 Å². The highest BCUT2D eigenvalue weighted by molar-refractivity contribution is 6.42. The summed E-state index contributed by atoms with van der Waals surface area (Å²) in [5.74, 6) is 0.439. The number of amides is 1. The molecule has 0 aliphatic rings. The van der Waals surface area contributed by atoms with Crippen LogP contribution in [0.1, 0.15) is 10.5 Å². The van der Waals surface area contributed by atoms with Gasteiger partial charge in [0.2, 0.25) is 5.95 Å². The summed E-state index contributed by atoms with van der Waals surface area (Å²) < 4.78 is 5.22. The lowest BCUT2D eigenvalue weighted by molar-refractivity contribution is 0.102. The van der Waals surface area contributed by atoms with Crippen LogP contribution in [0, 0.1) is 0 Å². The van der Waals surface area contributed by atoms with Crippen molar-refractivity contribution in [1.29, 1.82) is 0 Å². The third-order valence-electron chi connectivity index (χ3n) is 3.42. The van der Waals surface area contributed by atoms with Crippen LogP contribution in [-0.4, -0.2) is 23.0 Å². The predicted molar refractivity (Wildman–Crippen MR) is 103 cm³/mol. The molecule has 3 aromatic rings. The van der Waals surface area contributed by atoms with Crippen molar-refractivity contribution >= 4 is 46.4 Å². The number of anilines is 3. The lowest BCUT2D eigenvalue weighted by Gasteiger charge is -2.10.